The van der Waals surface area contributed by atoms with Gasteiger partial charge in [-0.25, -0.2) is 4.98 Å². The average Bonchev–Trinajstić information content (AvgIpc) is 2.29. The van der Waals surface area contributed by atoms with Crippen molar-refractivity contribution in [1.82, 2.24) is 9.29 Å². The van der Waals surface area contributed by atoms with Crippen LogP contribution in [0.4, 0.5) is 5.82 Å². The van der Waals surface area contributed by atoms with E-state index in [1.165, 1.54) is 16.6 Å². The zero-order valence-electron chi connectivity index (χ0n) is 8.97. The van der Waals surface area contributed by atoms with Crippen LogP contribution in [0.1, 0.15) is 0 Å². The van der Waals surface area contributed by atoms with E-state index < -0.39 is 10.2 Å². The summed E-state index contributed by atoms with van der Waals surface area (Å²) in [6, 6.07) is 3.04. The maximum atomic E-state index is 11.9. The van der Waals surface area contributed by atoms with Gasteiger partial charge in [0.15, 0.2) is 0 Å². The first-order valence-electron chi connectivity index (χ1n) is 5.05. The van der Waals surface area contributed by atoms with Crippen LogP contribution in [0.2, 0.25) is 5.02 Å². The molecule has 0 atom stereocenters. The van der Waals surface area contributed by atoms with Gasteiger partial charge in [-0.1, -0.05) is 11.6 Å². The highest BCUT2D eigenvalue weighted by Crippen LogP contribution is 2.14. The van der Waals surface area contributed by atoms with E-state index in [9.17, 15) is 8.42 Å². The molecule has 1 fully saturated rings. The first-order chi connectivity index (χ1) is 8.08. The minimum Gasteiger partial charge on any atom is -0.379 e. The highest BCUT2D eigenvalue weighted by atomic mass is 35.5. The van der Waals surface area contributed by atoms with Crippen molar-refractivity contribution in [2.45, 2.75) is 0 Å². The SMILES string of the molecule is O=S(=O)(Nc1cc(Cl)ccn1)N1CCOCC1. The molecular weight excluding hydrogens is 266 g/mol. The molecule has 1 N–H and O–H groups in total. The lowest BCUT2D eigenvalue weighted by Gasteiger charge is -2.26. The second-order valence-corrected chi connectivity index (χ2v) is 5.58. The fourth-order valence-electron chi connectivity index (χ4n) is 1.44. The molecule has 0 radical (unpaired) electrons. The van der Waals surface area contributed by atoms with E-state index in [-0.39, 0.29) is 5.82 Å². The van der Waals surface area contributed by atoms with E-state index in [0.717, 1.165) is 0 Å². The maximum Gasteiger partial charge on any atom is 0.302 e. The van der Waals surface area contributed by atoms with Gasteiger partial charge in [0.05, 0.1) is 13.2 Å². The normalized spacial score (nSPS) is 17.9. The van der Waals surface area contributed by atoms with Gasteiger partial charge in [-0.05, 0) is 6.07 Å². The molecule has 0 aliphatic carbocycles. The summed E-state index contributed by atoms with van der Waals surface area (Å²) in [6.07, 6.45) is 1.44. The number of nitrogens with one attached hydrogen (secondary N) is 1. The molecule has 0 spiro atoms. The van der Waals surface area contributed by atoms with Gasteiger partial charge in [0.25, 0.3) is 0 Å². The zero-order valence-corrected chi connectivity index (χ0v) is 10.5. The molecule has 0 bridgehead atoms. The van der Waals surface area contributed by atoms with Crippen molar-refractivity contribution in [3.05, 3.63) is 23.4 Å². The van der Waals surface area contributed by atoms with Gasteiger partial charge in [0.1, 0.15) is 5.82 Å². The first-order valence-corrected chi connectivity index (χ1v) is 6.87. The van der Waals surface area contributed by atoms with E-state index in [0.29, 0.717) is 31.3 Å². The Morgan fingerprint density at radius 1 is 1.41 bits per heavy atom. The van der Waals surface area contributed by atoms with Crippen molar-refractivity contribution in [2.75, 3.05) is 31.0 Å². The molecule has 1 aliphatic rings. The molecule has 0 saturated carbocycles. The Morgan fingerprint density at radius 3 is 2.76 bits per heavy atom. The molecule has 17 heavy (non-hydrogen) atoms. The van der Waals surface area contributed by atoms with Crippen LogP contribution in [-0.2, 0) is 14.9 Å². The van der Waals surface area contributed by atoms with Crippen molar-refractivity contribution >= 4 is 27.6 Å². The van der Waals surface area contributed by atoms with E-state index in [1.54, 1.807) is 6.07 Å². The predicted molar refractivity (Wildman–Crippen MR) is 64.2 cm³/mol. The highest BCUT2D eigenvalue weighted by molar-refractivity contribution is 7.90. The summed E-state index contributed by atoms with van der Waals surface area (Å²) in [6.45, 7) is 1.50. The Morgan fingerprint density at radius 2 is 2.12 bits per heavy atom. The molecule has 1 saturated heterocycles. The van der Waals surface area contributed by atoms with Crippen LogP contribution in [0.25, 0.3) is 0 Å². The third kappa shape index (κ3) is 3.29. The number of hydrogen-bond donors (Lipinski definition) is 1. The summed E-state index contributed by atoms with van der Waals surface area (Å²) >= 11 is 5.75. The van der Waals surface area contributed by atoms with Crippen molar-refractivity contribution in [3.8, 4) is 0 Å². The lowest BCUT2D eigenvalue weighted by atomic mass is 10.5. The molecule has 0 unspecified atom stereocenters. The van der Waals surface area contributed by atoms with E-state index in [4.69, 9.17) is 16.3 Å². The monoisotopic (exact) mass is 277 g/mol. The number of aromatic nitrogens is 1. The Bertz CT molecular complexity index is 488. The lowest BCUT2D eigenvalue weighted by molar-refractivity contribution is 0.0733. The van der Waals surface area contributed by atoms with Crippen LogP contribution >= 0.6 is 11.6 Å². The third-order valence-corrected chi connectivity index (χ3v) is 4.01. The Balaban J connectivity index is 2.11. The van der Waals surface area contributed by atoms with Gasteiger partial charge in [-0.3, -0.25) is 4.72 Å². The summed E-state index contributed by atoms with van der Waals surface area (Å²) in [7, 11) is -3.57. The topological polar surface area (TPSA) is 71.5 Å². The summed E-state index contributed by atoms with van der Waals surface area (Å²) < 4.78 is 32.7. The highest BCUT2D eigenvalue weighted by Gasteiger charge is 2.24. The molecule has 2 rings (SSSR count). The van der Waals surface area contributed by atoms with Crippen molar-refractivity contribution in [1.29, 1.82) is 0 Å². The van der Waals surface area contributed by atoms with E-state index >= 15 is 0 Å². The molecule has 2 heterocycles. The fraction of sp³-hybridized carbons (Fsp3) is 0.444. The molecule has 0 aromatic carbocycles. The molecule has 8 heteroatoms. The predicted octanol–water partition coefficient (Wildman–Crippen LogP) is 0.724. The fourth-order valence-corrected chi connectivity index (χ4v) is 2.74. The van der Waals surface area contributed by atoms with E-state index in [2.05, 4.69) is 9.71 Å². The molecular formula is C9H12ClN3O3S. The molecule has 94 valence electrons. The number of nitrogens with zero attached hydrogens (tertiary/aromatic N) is 2. The van der Waals surface area contributed by atoms with Gasteiger partial charge in [-0.15, -0.1) is 0 Å². The van der Waals surface area contributed by atoms with Gasteiger partial charge in [-0.2, -0.15) is 12.7 Å². The smallest absolute Gasteiger partial charge is 0.302 e. The number of halogens is 1. The summed E-state index contributed by atoms with van der Waals surface area (Å²) in [5.41, 5.74) is 0. The molecule has 6 nitrogen and oxygen atoms in total. The van der Waals surface area contributed by atoms with E-state index in [1.807, 2.05) is 0 Å². The van der Waals surface area contributed by atoms with Crippen LogP contribution < -0.4 is 4.72 Å². The maximum absolute atomic E-state index is 11.9. The van der Waals surface area contributed by atoms with Crippen LogP contribution in [0, 0.1) is 0 Å². The molecule has 1 aliphatic heterocycles. The number of pyridine rings is 1. The number of hydrogen-bond acceptors (Lipinski definition) is 4. The van der Waals surface area contributed by atoms with Gasteiger partial charge < -0.3 is 4.74 Å². The van der Waals surface area contributed by atoms with Crippen molar-refractivity contribution < 1.29 is 13.2 Å². The zero-order chi connectivity index (χ0) is 12.3. The first kappa shape index (κ1) is 12.6. The van der Waals surface area contributed by atoms with Crippen molar-refractivity contribution in [2.24, 2.45) is 0 Å². The largest absolute Gasteiger partial charge is 0.379 e. The Kier molecular flexibility index (Phi) is 3.82. The quantitative estimate of drug-likeness (QED) is 0.884. The summed E-state index contributed by atoms with van der Waals surface area (Å²) in [5, 5.41) is 0.430. The summed E-state index contributed by atoms with van der Waals surface area (Å²) in [4.78, 5) is 3.89. The number of rotatable bonds is 3. The standard InChI is InChI=1S/C9H12ClN3O3S/c10-8-1-2-11-9(7-8)12-17(14,15)13-3-5-16-6-4-13/h1-2,7H,3-6H2,(H,11,12). The van der Waals surface area contributed by atoms with Gasteiger partial charge >= 0.3 is 10.2 Å². The second kappa shape index (κ2) is 5.18. The Labute approximate surface area is 105 Å². The number of anilines is 1. The number of ether oxygens (including phenoxy) is 1. The number of morpholine rings is 1. The third-order valence-electron chi connectivity index (χ3n) is 2.27. The lowest BCUT2D eigenvalue weighted by Crippen LogP contribution is -2.43. The molecule has 0 amide bonds. The summed E-state index contributed by atoms with van der Waals surface area (Å²) in [5.74, 6) is 0.212. The van der Waals surface area contributed by atoms with Gasteiger partial charge in [0.2, 0.25) is 0 Å². The van der Waals surface area contributed by atoms with Crippen LogP contribution in [-0.4, -0.2) is 44.0 Å². The van der Waals surface area contributed by atoms with Crippen molar-refractivity contribution in [3.63, 3.8) is 0 Å². The molecule has 1 aromatic heterocycles. The van der Waals surface area contributed by atoms with Crippen LogP contribution in [0.3, 0.4) is 0 Å². The van der Waals surface area contributed by atoms with Crippen LogP contribution in [0.15, 0.2) is 18.3 Å². The average molecular weight is 278 g/mol. The van der Waals surface area contributed by atoms with Gasteiger partial charge in [0, 0.05) is 30.4 Å². The minimum atomic E-state index is -3.57. The molecule has 1 aromatic rings. The second-order valence-electron chi connectivity index (χ2n) is 3.48. The minimum absolute atomic E-state index is 0.212. The Hall–Kier alpha value is -0.890. The van der Waals surface area contributed by atoms with Crippen LogP contribution in [0.5, 0.6) is 0 Å².